The highest BCUT2D eigenvalue weighted by atomic mass is 79.9. The summed E-state index contributed by atoms with van der Waals surface area (Å²) in [6.07, 6.45) is 1.64. The van der Waals surface area contributed by atoms with Gasteiger partial charge in [-0.3, -0.25) is 0 Å². The Morgan fingerprint density at radius 1 is 1.12 bits per heavy atom. The van der Waals surface area contributed by atoms with Crippen LogP contribution < -0.4 is 5.14 Å². The summed E-state index contributed by atoms with van der Waals surface area (Å²) in [5.74, 6) is 0. The topological polar surface area (TPSA) is 102 Å². The van der Waals surface area contributed by atoms with Crippen molar-refractivity contribution < 1.29 is 8.42 Å². The third-order valence-corrected chi connectivity index (χ3v) is 5.06. The molecule has 3 aromatic rings. The van der Waals surface area contributed by atoms with E-state index in [4.69, 9.17) is 10.4 Å². The summed E-state index contributed by atoms with van der Waals surface area (Å²) in [6, 6.07) is 15.5. The lowest BCUT2D eigenvalue weighted by Gasteiger charge is -2.09. The van der Waals surface area contributed by atoms with E-state index in [0.29, 0.717) is 11.3 Å². The molecule has 6 nitrogen and oxygen atoms in total. The number of primary sulfonamides is 1. The van der Waals surface area contributed by atoms with E-state index in [0.717, 1.165) is 15.7 Å². The van der Waals surface area contributed by atoms with E-state index in [2.05, 4.69) is 27.1 Å². The third-order valence-electron chi connectivity index (χ3n) is 3.44. The van der Waals surface area contributed by atoms with Gasteiger partial charge in [0.25, 0.3) is 0 Å². The molecule has 0 fully saturated rings. The molecule has 0 aliphatic heterocycles. The maximum absolute atomic E-state index is 11.3. The van der Waals surface area contributed by atoms with E-state index in [1.807, 2.05) is 12.1 Å². The van der Waals surface area contributed by atoms with Crippen molar-refractivity contribution >= 4 is 26.0 Å². The molecule has 0 saturated carbocycles. The van der Waals surface area contributed by atoms with Gasteiger partial charge in [-0.15, -0.1) is 0 Å². The number of nitrogens with two attached hydrogens (primary N) is 1. The van der Waals surface area contributed by atoms with Gasteiger partial charge in [-0.05, 0) is 58.4 Å². The van der Waals surface area contributed by atoms with Crippen molar-refractivity contribution in [2.75, 3.05) is 0 Å². The molecule has 0 amide bonds. The van der Waals surface area contributed by atoms with Crippen LogP contribution >= 0.6 is 15.9 Å². The van der Waals surface area contributed by atoms with Gasteiger partial charge in [0.1, 0.15) is 6.07 Å². The number of sulfonamides is 1. The van der Waals surface area contributed by atoms with Crippen LogP contribution in [0.1, 0.15) is 5.56 Å². The highest BCUT2D eigenvalue weighted by Crippen LogP contribution is 2.27. The number of benzene rings is 2. The zero-order valence-electron chi connectivity index (χ0n) is 12.2. The van der Waals surface area contributed by atoms with Gasteiger partial charge in [0.15, 0.2) is 0 Å². The molecule has 1 aromatic heterocycles. The first kappa shape index (κ1) is 16.4. The SMILES string of the molecule is N#Cc1cc(-c2ccnn2-c2ccc(S(N)(=O)=O)cc2)ccc1Br. The maximum Gasteiger partial charge on any atom is 0.238 e. The lowest BCUT2D eigenvalue weighted by molar-refractivity contribution is 0.598. The van der Waals surface area contributed by atoms with E-state index >= 15 is 0 Å². The molecule has 0 aliphatic carbocycles. The first-order chi connectivity index (χ1) is 11.4. The Bertz CT molecular complexity index is 1050. The predicted molar refractivity (Wildman–Crippen MR) is 92.8 cm³/mol. The lowest BCUT2D eigenvalue weighted by atomic mass is 10.1. The lowest BCUT2D eigenvalue weighted by Crippen LogP contribution is -2.12. The van der Waals surface area contributed by atoms with E-state index in [-0.39, 0.29) is 4.90 Å². The Balaban J connectivity index is 2.07. The first-order valence-corrected chi connectivity index (χ1v) is 9.11. The summed E-state index contributed by atoms with van der Waals surface area (Å²) in [6.45, 7) is 0. The number of hydrogen-bond acceptors (Lipinski definition) is 4. The first-order valence-electron chi connectivity index (χ1n) is 6.77. The molecule has 0 atom stereocenters. The van der Waals surface area contributed by atoms with Crippen molar-refractivity contribution in [3.8, 4) is 23.0 Å². The standard InChI is InChI=1S/C16H11BrN4O2S/c17-15-6-1-11(9-12(15)10-18)16-7-8-20-21(16)13-2-4-14(5-3-13)24(19,22)23/h1-9H,(H2,19,22,23). The van der Waals surface area contributed by atoms with Gasteiger partial charge in [-0.2, -0.15) is 10.4 Å². The summed E-state index contributed by atoms with van der Waals surface area (Å²) >= 11 is 3.33. The number of hydrogen-bond donors (Lipinski definition) is 1. The summed E-state index contributed by atoms with van der Waals surface area (Å²) < 4.78 is 25.1. The van der Waals surface area contributed by atoms with Crippen molar-refractivity contribution in [1.82, 2.24) is 9.78 Å². The minimum Gasteiger partial charge on any atom is -0.233 e. The van der Waals surface area contributed by atoms with Crippen molar-refractivity contribution in [3.05, 3.63) is 64.8 Å². The molecule has 3 rings (SSSR count). The molecule has 0 saturated heterocycles. The van der Waals surface area contributed by atoms with Gasteiger partial charge in [0, 0.05) is 10.0 Å². The highest BCUT2D eigenvalue weighted by molar-refractivity contribution is 9.10. The molecule has 0 bridgehead atoms. The molecule has 2 N–H and O–H groups in total. The number of nitriles is 1. The smallest absolute Gasteiger partial charge is 0.233 e. The van der Waals surface area contributed by atoms with Gasteiger partial charge < -0.3 is 0 Å². The molecule has 120 valence electrons. The van der Waals surface area contributed by atoms with Crippen LogP contribution in [-0.2, 0) is 10.0 Å². The fourth-order valence-electron chi connectivity index (χ4n) is 2.27. The molecule has 2 aromatic carbocycles. The molecule has 24 heavy (non-hydrogen) atoms. The second kappa shape index (κ2) is 6.20. The molecule has 0 aliphatic rings. The Morgan fingerprint density at radius 2 is 1.83 bits per heavy atom. The molecule has 8 heteroatoms. The van der Waals surface area contributed by atoms with Crippen LogP contribution in [0.3, 0.4) is 0 Å². The number of rotatable bonds is 3. The average Bonchev–Trinajstić information content (AvgIpc) is 3.04. The second-order valence-corrected chi connectivity index (χ2v) is 7.39. The van der Waals surface area contributed by atoms with Crippen molar-refractivity contribution in [2.24, 2.45) is 5.14 Å². The minimum atomic E-state index is -3.74. The van der Waals surface area contributed by atoms with Gasteiger partial charge in [0.2, 0.25) is 10.0 Å². The quantitative estimate of drug-likeness (QED) is 0.727. The van der Waals surface area contributed by atoms with Gasteiger partial charge >= 0.3 is 0 Å². The number of nitrogens with zero attached hydrogens (tertiary/aromatic N) is 3. The highest BCUT2D eigenvalue weighted by Gasteiger charge is 2.12. The van der Waals surface area contributed by atoms with Crippen molar-refractivity contribution in [1.29, 1.82) is 5.26 Å². The maximum atomic E-state index is 11.3. The summed E-state index contributed by atoms with van der Waals surface area (Å²) in [5.41, 5.74) is 2.80. The third kappa shape index (κ3) is 3.10. The van der Waals surface area contributed by atoms with E-state index in [9.17, 15) is 8.42 Å². The van der Waals surface area contributed by atoms with Crippen LogP contribution in [0.2, 0.25) is 0 Å². The summed E-state index contributed by atoms with van der Waals surface area (Å²) in [7, 11) is -3.74. The van der Waals surface area contributed by atoms with Gasteiger partial charge in [-0.1, -0.05) is 6.07 Å². The molecular weight excluding hydrogens is 392 g/mol. The average molecular weight is 403 g/mol. The van der Waals surface area contributed by atoms with E-state index < -0.39 is 10.0 Å². The number of aromatic nitrogens is 2. The van der Waals surface area contributed by atoms with Crippen LogP contribution in [0.25, 0.3) is 16.9 Å². The minimum absolute atomic E-state index is 0.0374. The monoisotopic (exact) mass is 402 g/mol. The molecule has 0 spiro atoms. The zero-order chi connectivity index (χ0) is 17.3. The Labute approximate surface area is 147 Å². The van der Waals surface area contributed by atoms with E-state index in [1.165, 1.54) is 12.1 Å². The molecule has 1 heterocycles. The zero-order valence-corrected chi connectivity index (χ0v) is 14.6. The van der Waals surface area contributed by atoms with Crippen LogP contribution in [-0.4, -0.2) is 18.2 Å². The Morgan fingerprint density at radius 3 is 2.46 bits per heavy atom. The molecular formula is C16H11BrN4O2S. The van der Waals surface area contributed by atoms with Gasteiger partial charge in [0.05, 0.1) is 28.0 Å². The fourth-order valence-corrected chi connectivity index (χ4v) is 3.13. The van der Waals surface area contributed by atoms with Crippen LogP contribution in [0.4, 0.5) is 0 Å². The summed E-state index contributed by atoms with van der Waals surface area (Å²) in [5, 5.41) is 18.5. The second-order valence-electron chi connectivity index (χ2n) is 4.97. The number of halogens is 1. The molecule has 0 unspecified atom stereocenters. The fraction of sp³-hybridized carbons (Fsp3) is 0. The normalized spacial score (nSPS) is 11.2. The summed E-state index contributed by atoms with van der Waals surface area (Å²) in [4.78, 5) is 0.0374. The van der Waals surface area contributed by atoms with Crippen LogP contribution in [0.5, 0.6) is 0 Å². The molecule has 0 radical (unpaired) electrons. The predicted octanol–water partition coefficient (Wildman–Crippen LogP) is 2.82. The Hall–Kier alpha value is -2.47. The van der Waals surface area contributed by atoms with E-state index in [1.54, 1.807) is 35.1 Å². The largest absolute Gasteiger partial charge is 0.238 e. The van der Waals surface area contributed by atoms with Crippen LogP contribution in [0, 0.1) is 11.3 Å². The Kier molecular flexibility index (Phi) is 4.24. The van der Waals surface area contributed by atoms with Crippen LogP contribution in [0.15, 0.2) is 64.1 Å². The van der Waals surface area contributed by atoms with Crippen molar-refractivity contribution in [2.45, 2.75) is 4.90 Å². The van der Waals surface area contributed by atoms with Gasteiger partial charge in [-0.25, -0.2) is 18.2 Å². The van der Waals surface area contributed by atoms with Crippen molar-refractivity contribution in [3.63, 3.8) is 0 Å².